The molecule has 2 rings (SSSR count). The Labute approximate surface area is 125 Å². The van der Waals surface area contributed by atoms with Crippen molar-refractivity contribution < 1.29 is 9.18 Å². The number of nitrogens with one attached hydrogen (secondary N) is 1. The van der Waals surface area contributed by atoms with Gasteiger partial charge in [0.25, 0.3) is 5.91 Å². The van der Waals surface area contributed by atoms with E-state index in [-0.39, 0.29) is 5.56 Å². The molecule has 1 aromatic carbocycles. The van der Waals surface area contributed by atoms with Gasteiger partial charge < -0.3 is 5.32 Å². The van der Waals surface area contributed by atoms with Crippen LogP contribution in [0.4, 0.5) is 4.39 Å². The summed E-state index contributed by atoms with van der Waals surface area (Å²) < 4.78 is 14.2. The lowest BCUT2D eigenvalue weighted by atomic mass is 9.99. The number of rotatable bonds is 3. The van der Waals surface area contributed by atoms with Crippen molar-refractivity contribution in [2.75, 3.05) is 0 Å². The van der Waals surface area contributed by atoms with Crippen LogP contribution in [0, 0.1) is 5.82 Å². The van der Waals surface area contributed by atoms with Crippen molar-refractivity contribution in [2.45, 2.75) is 19.4 Å². The molecule has 20 heavy (non-hydrogen) atoms. The molecule has 1 N–H and O–H groups in total. The quantitative estimate of drug-likeness (QED) is 0.929. The van der Waals surface area contributed by atoms with E-state index in [1.165, 1.54) is 6.07 Å². The monoisotopic (exact) mass is 336 g/mol. The molecule has 2 aromatic rings. The van der Waals surface area contributed by atoms with Crippen LogP contribution in [0.2, 0.25) is 0 Å². The van der Waals surface area contributed by atoms with Crippen LogP contribution in [-0.4, -0.2) is 10.9 Å². The van der Waals surface area contributed by atoms with Crippen LogP contribution in [0.5, 0.6) is 0 Å². The van der Waals surface area contributed by atoms with Crippen molar-refractivity contribution in [3.63, 3.8) is 0 Å². The van der Waals surface area contributed by atoms with Crippen molar-refractivity contribution in [1.29, 1.82) is 0 Å². The summed E-state index contributed by atoms with van der Waals surface area (Å²) in [6, 6.07) is 9.89. The minimum absolute atomic E-state index is 0.00324. The maximum atomic E-state index is 13.8. The molecule has 0 radical (unpaired) electrons. The minimum Gasteiger partial charge on any atom is -0.341 e. The number of carbonyl (C=O) groups excluding carboxylic acids is 1. The van der Waals surface area contributed by atoms with E-state index < -0.39 is 17.3 Å². The van der Waals surface area contributed by atoms with Gasteiger partial charge in [0.05, 0.1) is 16.8 Å². The Morgan fingerprint density at radius 2 is 2.00 bits per heavy atom. The number of hydrogen-bond acceptors (Lipinski definition) is 2. The number of amides is 1. The molecule has 1 amide bonds. The zero-order valence-electron chi connectivity index (χ0n) is 11.2. The van der Waals surface area contributed by atoms with Gasteiger partial charge >= 0.3 is 0 Å². The summed E-state index contributed by atoms with van der Waals surface area (Å²) in [5.74, 6) is -1.04. The smallest absolute Gasteiger partial charge is 0.256 e. The second-order valence-electron chi connectivity index (χ2n) is 4.89. The first-order valence-corrected chi connectivity index (χ1v) is 6.89. The summed E-state index contributed by atoms with van der Waals surface area (Å²) >= 11 is 3.20. The molecule has 0 aliphatic rings. The zero-order valence-corrected chi connectivity index (χ0v) is 12.7. The van der Waals surface area contributed by atoms with Gasteiger partial charge in [0.1, 0.15) is 5.82 Å². The van der Waals surface area contributed by atoms with E-state index in [4.69, 9.17) is 0 Å². The molecule has 0 aliphatic carbocycles. The first-order valence-electron chi connectivity index (χ1n) is 6.10. The molecule has 0 atom stereocenters. The molecule has 3 nitrogen and oxygen atoms in total. The van der Waals surface area contributed by atoms with Crippen molar-refractivity contribution in [2.24, 2.45) is 0 Å². The number of benzene rings is 1. The van der Waals surface area contributed by atoms with Gasteiger partial charge in [0.2, 0.25) is 0 Å². The van der Waals surface area contributed by atoms with E-state index in [1.54, 1.807) is 24.4 Å². The highest BCUT2D eigenvalue weighted by atomic mass is 79.9. The lowest BCUT2D eigenvalue weighted by Crippen LogP contribution is -2.42. The second kappa shape index (κ2) is 5.71. The largest absolute Gasteiger partial charge is 0.341 e. The van der Waals surface area contributed by atoms with E-state index in [2.05, 4.69) is 26.2 Å². The highest BCUT2D eigenvalue weighted by Crippen LogP contribution is 2.23. The first-order chi connectivity index (χ1) is 9.42. The molecular weight excluding hydrogens is 323 g/mol. The van der Waals surface area contributed by atoms with Crippen molar-refractivity contribution in [3.05, 3.63) is 64.1 Å². The zero-order chi connectivity index (χ0) is 14.8. The summed E-state index contributed by atoms with van der Waals surface area (Å²) in [4.78, 5) is 16.5. The molecule has 0 saturated heterocycles. The SMILES string of the molecule is CC(C)(NC(=O)c1c(F)cccc1Br)c1ccccn1. The summed E-state index contributed by atoms with van der Waals surface area (Å²) in [6.45, 7) is 3.64. The third-order valence-corrected chi connectivity index (χ3v) is 3.58. The maximum Gasteiger partial charge on any atom is 0.256 e. The lowest BCUT2D eigenvalue weighted by Gasteiger charge is -2.26. The van der Waals surface area contributed by atoms with E-state index in [1.807, 2.05) is 26.0 Å². The summed E-state index contributed by atoms with van der Waals surface area (Å²) in [5, 5.41) is 2.80. The number of pyridine rings is 1. The molecule has 0 aliphatic heterocycles. The lowest BCUT2D eigenvalue weighted by molar-refractivity contribution is 0.0905. The van der Waals surface area contributed by atoms with Crippen LogP contribution in [-0.2, 0) is 5.54 Å². The highest BCUT2D eigenvalue weighted by Gasteiger charge is 2.26. The van der Waals surface area contributed by atoms with Crippen LogP contribution in [0.15, 0.2) is 47.1 Å². The molecule has 5 heteroatoms. The van der Waals surface area contributed by atoms with E-state index >= 15 is 0 Å². The first kappa shape index (κ1) is 14.7. The molecular formula is C15H14BrFN2O. The Morgan fingerprint density at radius 3 is 2.60 bits per heavy atom. The molecule has 0 saturated carbocycles. The van der Waals surface area contributed by atoms with Gasteiger partial charge in [-0.25, -0.2) is 4.39 Å². The number of aromatic nitrogens is 1. The van der Waals surface area contributed by atoms with Gasteiger partial charge in [-0.3, -0.25) is 9.78 Å². The fourth-order valence-corrected chi connectivity index (χ4v) is 2.38. The van der Waals surface area contributed by atoms with E-state index in [0.29, 0.717) is 10.2 Å². The fraction of sp³-hybridized carbons (Fsp3) is 0.200. The highest BCUT2D eigenvalue weighted by molar-refractivity contribution is 9.10. The summed E-state index contributed by atoms with van der Waals surface area (Å²) in [5.41, 5.74) is 0.0115. The molecule has 1 heterocycles. The van der Waals surface area contributed by atoms with Gasteiger partial charge in [-0.05, 0) is 54.0 Å². The molecule has 0 unspecified atom stereocenters. The van der Waals surface area contributed by atoms with Crippen LogP contribution in [0.25, 0.3) is 0 Å². The molecule has 0 bridgehead atoms. The van der Waals surface area contributed by atoms with Crippen LogP contribution in [0.1, 0.15) is 29.9 Å². The number of hydrogen-bond donors (Lipinski definition) is 1. The van der Waals surface area contributed by atoms with Gasteiger partial charge in [-0.15, -0.1) is 0 Å². The van der Waals surface area contributed by atoms with E-state index in [9.17, 15) is 9.18 Å². The maximum absolute atomic E-state index is 13.8. The van der Waals surface area contributed by atoms with Crippen LogP contribution < -0.4 is 5.32 Å². The van der Waals surface area contributed by atoms with Crippen molar-refractivity contribution in [1.82, 2.24) is 10.3 Å². The Morgan fingerprint density at radius 1 is 1.25 bits per heavy atom. The Bertz CT molecular complexity index is 609. The Balaban J connectivity index is 2.28. The predicted octanol–water partition coefficient (Wildman–Crippen LogP) is 3.65. The third kappa shape index (κ3) is 3.04. The van der Waals surface area contributed by atoms with Crippen LogP contribution >= 0.6 is 15.9 Å². The molecule has 0 spiro atoms. The standard InChI is InChI=1S/C15H14BrFN2O/c1-15(2,12-8-3-4-9-18-12)19-14(20)13-10(16)6-5-7-11(13)17/h3-9H,1-2H3,(H,19,20). The number of carbonyl (C=O) groups is 1. The third-order valence-electron chi connectivity index (χ3n) is 2.92. The van der Waals surface area contributed by atoms with E-state index in [0.717, 1.165) is 0 Å². The minimum atomic E-state index is -0.694. The van der Waals surface area contributed by atoms with Crippen molar-refractivity contribution in [3.8, 4) is 0 Å². The Hall–Kier alpha value is -1.75. The fourth-order valence-electron chi connectivity index (χ4n) is 1.86. The number of halogens is 2. The van der Waals surface area contributed by atoms with Gasteiger partial charge in [-0.2, -0.15) is 0 Å². The average molecular weight is 337 g/mol. The topological polar surface area (TPSA) is 42.0 Å². The summed E-state index contributed by atoms with van der Waals surface area (Å²) in [6.07, 6.45) is 1.66. The van der Waals surface area contributed by atoms with Crippen LogP contribution in [0.3, 0.4) is 0 Å². The number of nitrogens with zero attached hydrogens (tertiary/aromatic N) is 1. The molecule has 1 aromatic heterocycles. The van der Waals surface area contributed by atoms with Gasteiger partial charge in [0.15, 0.2) is 0 Å². The van der Waals surface area contributed by atoms with Crippen molar-refractivity contribution >= 4 is 21.8 Å². The van der Waals surface area contributed by atoms with Gasteiger partial charge in [-0.1, -0.05) is 12.1 Å². The average Bonchev–Trinajstić information content (AvgIpc) is 2.39. The van der Waals surface area contributed by atoms with Gasteiger partial charge in [0, 0.05) is 10.7 Å². The predicted molar refractivity (Wildman–Crippen MR) is 78.8 cm³/mol. The Kier molecular flexibility index (Phi) is 4.18. The normalized spacial score (nSPS) is 11.2. The molecule has 0 fully saturated rings. The molecule has 104 valence electrons. The summed E-state index contributed by atoms with van der Waals surface area (Å²) in [7, 11) is 0. The second-order valence-corrected chi connectivity index (χ2v) is 5.75.